The van der Waals surface area contributed by atoms with Gasteiger partial charge in [-0.25, -0.2) is 0 Å². The molecule has 0 atom stereocenters. The summed E-state index contributed by atoms with van der Waals surface area (Å²) in [5.41, 5.74) is 1.68. The third kappa shape index (κ3) is 5.65. The molecule has 2 rings (SSSR count). The Kier molecular flexibility index (Phi) is 7.09. The van der Waals surface area contributed by atoms with Crippen LogP contribution in [0.15, 0.2) is 42.5 Å². The van der Waals surface area contributed by atoms with Crippen LogP contribution >= 0.6 is 35.0 Å². The Morgan fingerprint density at radius 2 is 2.00 bits per heavy atom. The van der Waals surface area contributed by atoms with Crippen molar-refractivity contribution in [3.63, 3.8) is 0 Å². The van der Waals surface area contributed by atoms with Crippen LogP contribution in [-0.4, -0.2) is 18.3 Å². The third-order valence-corrected chi connectivity index (χ3v) is 4.46. The molecule has 6 heteroatoms. The van der Waals surface area contributed by atoms with Crippen LogP contribution in [0.5, 0.6) is 5.75 Å². The fourth-order valence-corrected chi connectivity index (χ4v) is 3.19. The minimum atomic E-state index is -0.0970. The van der Waals surface area contributed by atoms with Gasteiger partial charge < -0.3 is 10.1 Å². The Balaban J connectivity index is 1.89. The molecular weight excluding hydrogens is 353 g/mol. The first-order valence-electron chi connectivity index (χ1n) is 7.13. The van der Waals surface area contributed by atoms with Crippen LogP contribution in [0.1, 0.15) is 12.5 Å². The summed E-state index contributed by atoms with van der Waals surface area (Å²) >= 11 is 13.6. The van der Waals surface area contributed by atoms with E-state index in [1.165, 1.54) is 11.8 Å². The number of rotatable bonds is 7. The monoisotopic (exact) mass is 369 g/mol. The van der Waals surface area contributed by atoms with Gasteiger partial charge >= 0.3 is 0 Å². The molecule has 0 unspecified atom stereocenters. The van der Waals surface area contributed by atoms with E-state index < -0.39 is 0 Å². The zero-order valence-electron chi connectivity index (χ0n) is 12.6. The molecule has 0 aliphatic carbocycles. The summed E-state index contributed by atoms with van der Waals surface area (Å²) in [7, 11) is 0. The SMILES string of the molecule is CCOc1c(Cl)cccc1NC(=O)CSCc1cccc(Cl)c1. The molecule has 0 aromatic heterocycles. The molecule has 0 bridgehead atoms. The first kappa shape index (κ1) is 18.0. The Morgan fingerprint density at radius 1 is 1.22 bits per heavy atom. The number of hydrogen-bond donors (Lipinski definition) is 1. The second-order valence-corrected chi connectivity index (χ2v) is 6.55. The van der Waals surface area contributed by atoms with Crippen LogP contribution in [-0.2, 0) is 10.5 Å². The lowest BCUT2D eigenvalue weighted by Gasteiger charge is -2.12. The fourth-order valence-electron chi connectivity index (χ4n) is 1.97. The van der Waals surface area contributed by atoms with Gasteiger partial charge in [0.15, 0.2) is 5.75 Å². The molecule has 2 aromatic carbocycles. The van der Waals surface area contributed by atoms with Crippen molar-refractivity contribution in [2.24, 2.45) is 0 Å². The first-order valence-corrected chi connectivity index (χ1v) is 9.04. The van der Waals surface area contributed by atoms with E-state index in [-0.39, 0.29) is 5.91 Å². The van der Waals surface area contributed by atoms with E-state index in [1.54, 1.807) is 18.2 Å². The van der Waals surface area contributed by atoms with Crippen molar-refractivity contribution in [3.05, 3.63) is 58.1 Å². The highest BCUT2D eigenvalue weighted by atomic mass is 35.5. The van der Waals surface area contributed by atoms with E-state index in [4.69, 9.17) is 27.9 Å². The molecule has 0 spiro atoms. The highest BCUT2D eigenvalue weighted by molar-refractivity contribution is 7.99. The third-order valence-electron chi connectivity index (χ3n) is 2.92. The number of carbonyl (C=O) groups is 1. The summed E-state index contributed by atoms with van der Waals surface area (Å²) in [4.78, 5) is 12.1. The molecule has 0 aliphatic heterocycles. The molecule has 3 nitrogen and oxygen atoms in total. The number of amides is 1. The summed E-state index contributed by atoms with van der Waals surface area (Å²) in [6, 6.07) is 12.9. The lowest BCUT2D eigenvalue weighted by molar-refractivity contribution is -0.113. The number of ether oxygens (including phenoxy) is 1. The van der Waals surface area contributed by atoms with E-state index >= 15 is 0 Å². The van der Waals surface area contributed by atoms with Gasteiger partial charge in [0.05, 0.1) is 23.1 Å². The number of para-hydroxylation sites is 1. The van der Waals surface area contributed by atoms with Crippen molar-refractivity contribution in [1.29, 1.82) is 0 Å². The largest absolute Gasteiger partial charge is 0.490 e. The van der Waals surface area contributed by atoms with E-state index in [2.05, 4.69) is 5.32 Å². The summed E-state index contributed by atoms with van der Waals surface area (Å²) in [5.74, 6) is 1.47. The Morgan fingerprint density at radius 3 is 2.74 bits per heavy atom. The number of anilines is 1. The normalized spacial score (nSPS) is 10.4. The minimum absolute atomic E-state index is 0.0970. The van der Waals surface area contributed by atoms with Gasteiger partial charge in [0.2, 0.25) is 5.91 Å². The Hall–Kier alpha value is -1.36. The van der Waals surface area contributed by atoms with Crippen molar-refractivity contribution in [3.8, 4) is 5.75 Å². The van der Waals surface area contributed by atoms with Crippen molar-refractivity contribution in [2.45, 2.75) is 12.7 Å². The molecule has 122 valence electrons. The zero-order valence-corrected chi connectivity index (χ0v) is 15.0. The summed E-state index contributed by atoms with van der Waals surface area (Å²) in [6.45, 7) is 2.35. The van der Waals surface area contributed by atoms with Crippen molar-refractivity contribution < 1.29 is 9.53 Å². The van der Waals surface area contributed by atoms with Crippen LogP contribution in [0.2, 0.25) is 10.0 Å². The molecule has 0 saturated carbocycles. The maximum atomic E-state index is 12.1. The topological polar surface area (TPSA) is 38.3 Å². The molecule has 0 aliphatic rings. The predicted molar refractivity (Wildman–Crippen MR) is 98.9 cm³/mol. The lowest BCUT2D eigenvalue weighted by Crippen LogP contribution is -2.15. The predicted octanol–water partition coefficient (Wildman–Crippen LogP) is 5.26. The van der Waals surface area contributed by atoms with E-state index in [1.807, 2.05) is 31.2 Å². The van der Waals surface area contributed by atoms with E-state index in [9.17, 15) is 4.79 Å². The molecule has 1 amide bonds. The maximum Gasteiger partial charge on any atom is 0.234 e. The number of thioether (sulfide) groups is 1. The van der Waals surface area contributed by atoms with Gasteiger partial charge in [-0.1, -0.05) is 41.4 Å². The van der Waals surface area contributed by atoms with Crippen molar-refractivity contribution >= 4 is 46.6 Å². The van der Waals surface area contributed by atoms with Gasteiger partial charge in [0.1, 0.15) is 0 Å². The Bertz CT molecular complexity index is 679. The van der Waals surface area contributed by atoms with Crippen LogP contribution in [0.3, 0.4) is 0 Å². The zero-order chi connectivity index (χ0) is 16.7. The van der Waals surface area contributed by atoms with Gasteiger partial charge in [-0.05, 0) is 36.8 Å². The van der Waals surface area contributed by atoms with Gasteiger partial charge in [-0.2, -0.15) is 0 Å². The molecular formula is C17H17Cl2NO2S. The number of halogens is 2. The Labute approximate surface area is 150 Å². The highest BCUT2D eigenvalue weighted by Gasteiger charge is 2.11. The molecule has 1 N–H and O–H groups in total. The van der Waals surface area contributed by atoms with Crippen molar-refractivity contribution in [2.75, 3.05) is 17.7 Å². The second-order valence-electron chi connectivity index (χ2n) is 4.72. The molecule has 0 fully saturated rings. The number of carbonyl (C=O) groups excluding carboxylic acids is 1. The van der Waals surface area contributed by atoms with Crippen LogP contribution in [0.25, 0.3) is 0 Å². The number of hydrogen-bond acceptors (Lipinski definition) is 3. The van der Waals surface area contributed by atoms with Gasteiger partial charge in [-0.3, -0.25) is 4.79 Å². The van der Waals surface area contributed by atoms with Gasteiger partial charge in [-0.15, -0.1) is 11.8 Å². The quantitative estimate of drug-likeness (QED) is 0.722. The van der Waals surface area contributed by atoms with Crippen LogP contribution in [0, 0.1) is 0 Å². The summed E-state index contributed by atoms with van der Waals surface area (Å²) in [6.07, 6.45) is 0. The second kappa shape index (κ2) is 9.06. The molecule has 0 saturated heterocycles. The molecule has 2 aromatic rings. The van der Waals surface area contributed by atoms with Gasteiger partial charge in [0.25, 0.3) is 0 Å². The highest BCUT2D eigenvalue weighted by Crippen LogP contribution is 2.33. The first-order chi connectivity index (χ1) is 11.1. The van der Waals surface area contributed by atoms with E-state index in [0.717, 1.165) is 11.3 Å². The van der Waals surface area contributed by atoms with E-state index in [0.29, 0.717) is 33.8 Å². The number of nitrogens with one attached hydrogen (secondary N) is 1. The molecule has 0 heterocycles. The maximum absolute atomic E-state index is 12.1. The fraction of sp³-hybridized carbons (Fsp3) is 0.235. The average Bonchev–Trinajstić information content (AvgIpc) is 2.51. The number of benzene rings is 2. The molecule has 0 radical (unpaired) electrons. The van der Waals surface area contributed by atoms with Crippen LogP contribution in [0.4, 0.5) is 5.69 Å². The van der Waals surface area contributed by atoms with Gasteiger partial charge in [0, 0.05) is 10.8 Å². The smallest absolute Gasteiger partial charge is 0.234 e. The summed E-state index contributed by atoms with van der Waals surface area (Å²) in [5, 5.41) is 4.02. The lowest BCUT2D eigenvalue weighted by atomic mass is 10.2. The summed E-state index contributed by atoms with van der Waals surface area (Å²) < 4.78 is 5.49. The van der Waals surface area contributed by atoms with Crippen LogP contribution < -0.4 is 10.1 Å². The minimum Gasteiger partial charge on any atom is -0.490 e. The standard InChI is InChI=1S/C17H17Cl2NO2S/c1-2-22-17-14(19)7-4-8-15(17)20-16(21)11-23-10-12-5-3-6-13(18)9-12/h3-9H,2,10-11H2,1H3,(H,20,21). The molecule has 23 heavy (non-hydrogen) atoms. The average molecular weight is 370 g/mol. The van der Waals surface area contributed by atoms with Crippen molar-refractivity contribution in [1.82, 2.24) is 0 Å².